The maximum Gasteiger partial charge on any atom is 0.326 e. The summed E-state index contributed by atoms with van der Waals surface area (Å²) in [5.74, 6) is -1.11. The number of carbonyl (C=O) groups excluding carboxylic acids is 1. The third-order valence-corrected chi connectivity index (χ3v) is 3.68. The van der Waals surface area contributed by atoms with Crippen molar-refractivity contribution in [3.63, 3.8) is 0 Å². The first-order valence-corrected chi connectivity index (χ1v) is 6.82. The summed E-state index contributed by atoms with van der Waals surface area (Å²) in [5, 5.41) is 9.22. The molecule has 0 aromatic heterocycles. The van der Waals surface area contributed by atoms with E-state index in [4.69, 9.17) is 0 Å². The molecule has 1 aromatic rings. The van der Waals surface area contributed by atoms with Crippen LogP contribution in [0.1, 0.15) is 29.6 Å². The number of carboxylic acids is 1. The average molecular weight is 276 g/mol. The van der Waals surface area contributed by atoms with E-state index in [1.54, 1.807) is 12.1 Å². The summed E-state index contributed by atoms with van der Waals surface area (Å²) >= 11 is 0. The second-order valence-corrected chi connectivity index (χ2v) is 5.29. The maximum atomic E-state index is 12.4. The first kappa shape index (κ1) is 14.4. The molecule has 0 saturated carbocycles. The number of benzene rings is 1. The number of likely N-dealkylation sites (tertiary alicyclic amines) is 1. The Kier molecular flexibility index (Phi) is 4.27. The number of amides is 1. The summed E-state index contributed by atoms with van der Waals surface area (Å²) in [6.07, 6.45) is 2.27. The highest BCUT2D eigenvalue weighted by atomic mass is 16.4. The van der Waals surface area contributed by atoms with Gasteiger partial charge in [-0.15, -0.1) is 0 Å². The van der Waals surface area contributed by atoms with Crippen LogP contribution >= 0.6 is 0 Å². The Bertz CT molecular complexity index is 496. The van der Waals surface area contributed by atoms with Gasteiger partial charge in [0.2, 0.25) is 0 Å². The fourth-order valence-corrected chi connectivity index (χ4v) is 2.50. The van der Waals surface area contributed by atoms with Crippen LogP contribution in [0.4, 0.5) is 5.69 Å². The Morgan fingerprint density at radius 3 is 2.40 bits per heavy atom. The number of anilines is 1. The van der Waals surface area contributed by atoms with Crippen molar-refractivity contribution in [3.8, 4) is 0 Å². The highest BCUT2D eigenvalue weighted by Crippen LogP contribution is 2.21. The van der Waals surface area contributed by atoms with Gasteiger partial charge in [0.05, 0.1) is 0 Å². The molecule has 0 unspecified atom stereocenters. The number of hydrogen-bond acceptors (Lipinski definition) is 3. The monoisotopic (exact) mass is 276 g/mol. The highest BCUT2D eigenvalue weighted by Gasteiger charge is 2.32. The van der Waals surface area contributed by atoms with E-state index in [9.17, 15) is 14.7 Å². The van der Waals surface area contributed by atoms with Crippen molar-refractivity contribution in [2.45, 2.75) is 25.3 Å². The van der Waals surface area contributed by atoms with Gasteiger partial charge < -0.3 is 14.9 Å². The summed E-state index contributed by atoms with van der Waals surface area (Å²) < 4.78 is 0. The van der Waals surface area contributed by atoms with Crippen molar-refractivity contribution in [2.24, 2.45) is 0 Å². The van der Waals surface area contributed by atoms with Crippen molar-refractivity contribution in [1.82, 2.24) is 4.90 Å². The number of rotatable bonds is 3. The van der Waals surface area contributed by atoms with E-state index in [-0.39, 0.29) is 5.91 Å². The van der Waals surface area contributed by atoms with Crippen LogP contribution in [0.25, 0.3) is 0 Å². The van der Waals surface area contributed by atoms with E-state index in [1.165, 1.54) is 4.90 Å². The first-order valence-electron chi connectivity index (χ1n) is 6.82. The summed E-state index contributed by atoms with van der Waals surface area (Å²) in [6, 6.07) is 6.56. The van der Waals surface area contributed by atoms with E-state index < -0.39 is 12.0 Å². The standard InChI is InChI=1S/C15H20N2O3/c1-16(2)12-8-6-11(7-9-12)14(18)17-10-4-3-5-13(17)15(19)20/h6-9,13H,3-5,10H2,1-2H3,(H,19,20)/t13-/m1/s1. The van der Waals surface area contributed by atoms with Crippen LogP contribution in [0.2, 0.25) is 0 Å². The molecule has 0 spiro atoms. The summed E-state index contributed by atoms with van der Waals surface area (Å²) in [7, 11) is 3.86. The lowest BCUT2D eigenvalue weighted by Crippen LogP contribution is -2.47. The Balaban J connectivity index is 2.18. The van der Waals surface area contributed by atoms with Gasteiger partial charge in [0.15, 0.2) is 0 Å². The zero-order valence-electron chi connectivity index (χ0n) is 11.9. The minimum Gasteiger partial charge on any atom is -0.480 e. The SMILES string of the molecule is CN(C)c1ccc(C(=O)N2CCCC[C@@H]2C(=O)O)cc1. The summed E-state index contributed by atoms with van der Waals surface area (Å²) in [5.41, 5.74) is 1.55. The molecule has 5 nitrogen and oxygen atoms in total. The zero-order chi connectivity index (χ0) is 14.7. The third-order valence-electron chi connectivity index (χ3n) is 3.68. The molecule has 1 aromatic carbocycles. The van der Waals surface area contributed by atoms with Crippen molar-refractivity contribution in [3.05, 3.63) is 29.8 Å². The molecule has 2 rings (SSSR count). The number of carbonyl (C=O) groups is 2. The molecule has 1 fully saturated rings. The average Bonchev–Trinajstić information content (AvgIpc) is 2.46. The largest absolute Gasteiger partial charge is 0.480 e. The highest BCUT2D eigenvalue weighted by molar-refractivity contribution is 5.97. The normalized spacial score (nSPS) is 18.7. The molecule has 108 valence electrons. The lowest BCUT2D eigenvalue weighted by atomic mass is 10.0. The fourth-order valence-electron chi connectivity index (χ4n) is 2.50. The van der Waals surface area contributed by atoms with Crippen LogP contribution in [-0.4, -0.2) is 48.6 Å². The molecule has 1 saturated heterocycles. The second kappa shape index (κ2) is 5.94. The minimum atomic E-state index is -0.914. The Morgan fingerprint density at radius 1 is 1.20 bits per heavy atom. The van der Waals surface area contributed by atoms with Crippen LogP contribution in [0.5, 0.6) is 0 Å². The van der Waals surface area contributed by atoms with Gasteiger partial charge in [-0.2, -0.15) is 0 Å². The number of carboxylic acid groups (broad SMARTS) is 1. The molecule has 0 bridgehead atoms. The number of nitrogens with zero attached hydrogens (tertiary/aromatic N) is 2. The van der Waals surface area contributed by atoms with E-state index in [0.29, 0.717) is 18.5 Å². The van der Waals surface area contributed by atoms with Gasteiger partial charge in [-0.25, -0.2) is 4.79 Å². The molecule has 0 aliphatic carbocycles. The zero-order valence-corrected chi connectivity index (χ0v) is 11.9. The van der Waals surface area contributed by atoms with E-state index in [2.05, 4.69) is 0 Å². The molecule has 1 heterocycles. The van der Waals surface area contributed by atoms with Crippen LogP contribution < -0.4 is 4.90 Å². The van der Waals surface area contributed by atoms with Crippen molar-refractivity contribution in [1.29, 1.82) is 0 Å². The van der Waals surface area contributed by atoms with Crippen molar-refractivity contribution < 1.29 is 14.7 Å². The van der Waals surface area contributed by atoms with Crippen LogP contribution in [0.15, 0.2) is 24.3 Å². The van der Waals surface area contributed by atoms with E-state index in [0.717, 1.165) is 18.5 Å². The summed E-state index contributed by atoms with van der Waals surface area (Å²) in [4.78, 5) is 27.1. The van der Waals surface area contributed by atoms with Crippen LogP contribution in [0.3, 0.4) is 0 Å². The van der Waals surface area contributed by atoms with Gasteiger partial charge in [-0.1, -0.05) is 0 Å². The Labute approximate surface area is 118 Å². The van der Waals surface area contributed by atoms with Crippen LogP contribution in [-0.2, 0) is 4.79 Å². The van der Waals surface area contributed by atoms with Gasteiger partial charge in [0.25, 0.3) is 5.91 Å². The molecular weight excluding hydrogens is 256 g/mol. The van der Waals surface area contributed by atoms with Crippen LogP contribution in [0, 0.1) is 0 Å². The lowest BCUT2D eigenvalue weighted by molar-refractivity contribution is -0.143. The second-order valence-electron chi connectivity index (χ2n) is 5.29. The van der Waals surface area contributed by atoms with Crippen molar-refractivity contribution >= 4 is 17.6 Å². The van der Waals surface area contributed by atoms with Gasteiger partial charge in [0.1, 0.15) is 6.04 Å². The van der Waals surface area contributed by atoms with E-state index in [1.807, 2.05) is 31.1 Å². The quantitative estimate of drug-likeness (QED) is 0.915. The molecule has 5 heteroatoms. The molecular formula is C15H20N2O3. The number of hydrogen-bond donors (Lipinski definition) is 1. The van der Waals surface area contributed by atoms with Gasteiger partial charge in [-0.3, -0.25) is 4.79 Å². The third kappa shape index (κ3) is 2.92. The van der Waals surface area contributed by atoms with Gasteiger partial charge in [0, 0.05) is 31.9 Å². The number of piperidine rings is 1. The molecule has 1 atom stereocenters. The predicted molar refractivity (Wildman–Crippen MR) is 77.1 cm³/mol. The number of aliphatic carboxylic acids is 1. The first-order chi connectivity index (χ1) is 9.50. The minimum absolute atomic E-state index is 0.192. The Morgan fingerprint density at radius 2 is 1.85 bits per heavy atom. The molecule has 1 aliphatic heterocycles. The Hall–Kier alpha value is -2.04. The van der Waals surface area contributed by atoms with Crippen molar-refractivity contribution in [2.75, 3.05) is 25.5 Å². The predicted octanol–water partition coefficient (Wildman–Crippen LogP) is 1.83. The molecule has 1 amide bonds. The molecule has 20 heavy (non-hydrogen) atoms. The molecule has 0 radical (unpaired) electrons. The lowest BCUT2D eigenvalue weighted by Gasteiger charge is -2.33. The van der Waals surface area contributed by atoms with E-state index >= 15 is 0 Å². The topological polar surface area (TPSA) is 60.9 Å². The van der Waals surface area contributed by atoms with Gasteiger partial charge in [-0.05, 0) is 43.5 Å². The van der Waals surface area contributed by atoms with Gasteiger partial charge >= 0.3 is 5.97 Å². The maximum absolute atomic E-state index is 12.4. The molecule has 1 N–H and O–H groups in total. The molecule has 1 aliphatic rings. The fraction of sp³-hybridized carbons (Fsp3) is 0.467. The smallest absolute Gasteiger partial charge is 0.326 e. The summed E-state index contributed by atoms with van der Waals surface area (Å²) in [6.45, 7) is 0.519.